The Hall–Kier alpha value is -1.59. The van der Waals surface area contributed by atoms with Crippen molar-refractivity contribution in [1.82, 2.24) is 10.3 Å². The van der Waals surface area contributed by atoms with Gasteiger partial charge in [0, 0.05) is 23.8 Å². The van der Waals surface area contributed by atoms with Crippen molar-refractivity contribution in [1.29, 1.82) is 0 Å². The second kappa shape index (κ2) is 5.84. The highest BCUT2D eigenvalue weighted by Gasteiger charge is 2.06. The lowest BCUT2D eigenvalue weighted by Gasteiger charge is -2.05. The molecule has 94 valence electrons. The standard InChI is InChI=1S/C13H14BrN3O/c14-11-5-12(16-8-11)13(18)17-7-10-3-1-9(6-15)2-4-10/h1-5,8,16H,6-7,15H2,(H,17,18). The predicted octanol–water partition coefficient (Wildman–Crippen LogP) is 2.17. The Labute approximate surface area is 114 Å². The fraction of sp³-hybridized carbons (Fsp3) is 0.154. The van der Waals surface area contributed by atoms with E-state index in [9.17, 15) is 4.79 Å². The maximum atomic E-state index is 11.8. The van der Waals surface area contributed by atoms with Crippen molar-refractivity contribution >= 4 is 21.8 Å². The van der Waals surface area contributed by atoms with Crippen LogP contribution in [0.5, 0.6) is 0 Å². The van der Waals surface area contributed by atoms with Gasteiger partial charge in [0.25, 0.3) is 5.91 Å². The monoisotopic (exact) mass is 307 g/mol. The zero-order valence-electron chi connectivity index (χ0n) is 9.74. The zero-order chi connectivity index (χ0) is 13.0. The van der Waals surface area contributed by atoms with Gasteiger partial charge in [-0.15, -0.1) is 0 Å². The minimum atomic E-state index is -0.122. The first-order valence-electron chi connectivity index (χ1n) is 5.59. The number of nitrogens with one attached hydrogen (secondary N) is 2. The number of rotatable bonds is 4. The molecular weight excluding hydrogens is 294 g/mol. The summed E-state index contributed by atoms with van der Waals surface area (Å²) in [5.74, 6) is -0.122. The van der Waals surface area contributed by atoms with Crippen LogP contribution in [-0.2, 0) is 13.1 Å². The van der Waals surface area contributed by atoms with E-state index in [-0.39, 0.29) is 5.91 Å². The first-order valence-corrected chi connectivity index (χ1v) is 6.38. The van der Waals surface area contributed by atoms with Gasteiger partial charge < -0.3 is 16.0 Å². The quantitative estimate of drug-likeness (QED) is 0.810. The number of amides is 1. The van der Waals surface area contributed by atoms with Crippen LogP contribution < -0.4 is 11.1 Å². The second-order valence-corrected chi connectivity index (χ2v) is 4.85. The largest absolute Gasteiger partial charge is 0.356 e. The molecular formula is C13H14BrN3O. The van der Waals surface area contributed by atoms with E-state index in [0.717, 1.165) is 15.6 Å². The Bertz CT molecular complexity index is 533. The Morgan fingerprint density at radius 2 is 1.94 bits per heavy atom. The third kappa shape index (κ3) is 3.21. The molecule has 0 aliphatic heterocycles. The molecule has 0 aliphatic carbocycles. The summed E-state index contributed by atoms with van der Waals surface area (Å²) in [6.45, 7) is 1.03. The molecule has 0 radical (unpaired) electrons. The van der Waals surface area contributed by atoms with Crippen LogP contribution >= 0.6 is 15.9 Å². The van der Waals surface area contributed by atoms with Gasteiger partial charge in [-0.1, -0.05) is 24.3 Å². The van der Waals surface area contributed by atoms with Gasteiger partial charge in [0.1, 0.15) is 5.69 Å². The van der Waals surface area contributed by atoms with Gasteiger partial charge in [-0.05, 0) is 33.1 Å². The van der Waals surface area contributed by atoms with E-state index in [1.54, 1.807) is 12.3 Å². The molecule has 4 N–H and O–H groups in total. The van der Waals surface area contributed by atoms with Crippen LogP contribution in [0.1, 0.15) is 21.6 Å². The number of hydrogen-bond donors (Lipinski definition) is 3. The molecule has 1 aromatic heterocycles. The van der Waals surface area contributed by atoms with Crippen LogP contribution in [0.2, 0.25) is 0 Å². The minimum absolute atomic E-state index is 0.122. The maximum absolute atomic E-state index is 11.8. The lowest BCUT2D eigenvalue weighted by Crippen LogP contribution is -2.23. The summed E-state index contributed by atoms with van der Waals surface area (Å²) in [5.41, 5.74) is 8.19. The van der Waals surface area contributed by atoms with Gasteiger partial charge in [-0.3, -0.25) is 4.79 Å². The van der Waals surface area contributed by atoms with E-state index < -0.39 is 0 Å². The molecule has 5 heteroatoms. The van der Waals surface area contributed by atoms with E-state index in [1.165, 1.54) is 0 Å². The molecule has 0 bridgehead atoms. The Balaban J connectivity index is 1.92. The molecule has 1 heterocycles. The van der Waals surface area contributed by atoms with Crippen molar-refractivity contribution in [3.05, 3.63) is 57.8 Å². The van der Waals surface area contributed by atoms with E-state index in [1.807, 2.05) is 24.3 Å². The average molecular weight is 308 g/mol. The Morgan fingerprint density at radius 1 is 1.28 bits per heavy atom. The molecule has 0 fully saturated rings. The number of carbonyl (C=O) groups is 1. The van der Waals surface area contributed by atoms with E-state index in [4.69, 9.17) is 5.73 Å². The number of hydrogen-bond acceptors (Lipinski definition) is 2. The zero-order valence-corrected chi connectivity index (χ0v) is 11.3. The maximum Gasteiger partial charge on any atom is 0.267 e. The van der Waals surface area contributed by atoms with Crippen molar-refractivity contribution in [2.45, 2.75) is 13.1 Å². The topological polar surface area (TPSA) is 70.9 Å². The van der Waals surface area contributed by atoms with E-state index >= 15 is 0 Å². The third-order valence-corrected chi connectivity index (χ3v) is 3.06. The normalized spacial score (nSPS) is 10.3. The molecule has 2 aromatic rings. The molecule has 1 aromatic carbocycles. The lowest BCUT2D eigenvalue weighted by molar-refractivity contribution is 0.0946. The van der Waals surface area contributed by atoms with Crippen LogP contribution in [0.25, 0.3) is 0 Å². The van der Waals surface area contributed by atoms with Crippen molar-refractivity contribution in [3.63, 3.8) is 0 Å². The van der Waals surface area contributed by atoms with Crippen LogP contribution in [0.4, 0.5) is 0 Å². The van der Waals surface area contributed by atoms with Gasteiger partial charge in [0.15, 0.2) is 0 Å². The number of carbonyl (C=O) groups excluding carboxylic acids is 1. The SMILES string of the molecule is NCc1ccc(CNC(=O)c2cc(Br)c[nH]2)cc1. The summed E-state index contributed by atoms with van der Waals surface area (Å²) in [7, 11) is 0. The summed E-state index contributed by atoms with van der Waals surface area (Å²) in [6, 6.07) is 9.60. The van der Waals surface area contributed by atoms with Crippen LogP contribution in [0, 0.1) is 0 Å². The summed E-state index contributed by atoms with van der Waals surface area (Å²) in [5, 5.41) is 2.84. The van der Waals surface area contributed by atoms with Crippen molar-refractivity contribution in [2.24, 2.45) is 5.73 Å². The molecule has 4 nitrogen and oxygen atoms in total. The second-order valence-electron chi connectivity index (χ2n) is 3.93. The minimum Gasteiger partial charge on any atom is -0.356 e. The molecule has 1 amide bonds. The number of benzene rings is 1. The molecule has 18 heavy (non-hydrogen) atoms. The number of halogens is 1. The number of aromatic amines is 1. The lowest BCUT2D eigenvalue weighted by atomic mass is 10.1. The smallest absolute Gasteiger partial charge is 0.267 e. The highest BCUT2D eigenvalue weighted by Crippen LogP contribution is 2.10. The summed E-state index contributed by atoms with van der Waals surface area (Å²) >= 11 is 3.29. The third-order valence-electron chi connectivity index (χ3n) is 2.60. The van der Waals surface area contributed by atoms with E-state index in [0.29, 0.717) is 18.8 Å². The van der Waals surface area contributed by atoms with Gasteiger partial charge in [0.05, 0.1) is 0 Å². The Kier molecular flexibility index (Phi) is 4.17. The molecule has 0 saturated heterocycles. The van der Waals surface area contributed by atoms with Crippen molar-refractivity contribution in [2.75, 3.05) is 0 Å². The highest BCUT2D eigenvalue weighted by atomic mass is 79.9. The van der Waals surface area contributed by atoms with Crippen molar-refractivity contribution < 1.29 is 4.79 Å². The molecule has 0 unspecified atom stereocenters. The fourth-order valence-corrected chi connectivity index (χ4v) is 1.91. The summed E-state index contributed by atoms with van der Waals surface area (Å²) in [6.07, 6.45) is 1.73. The summed E-state index contributed by atoms with van der Waals surface area (Å²) in [4.78, 5) is 14.7. The van der Waals surface area contributed by atoms with Gasteiger partial charge in [0.2, 0.25) is 0 Å². The number of aromatic nitrogens is 1. The predicted molar refractivity (Wildman–Crippen MR) is 74.0 cm³/mol. The average Bonchev–Trinajstić information content (AvgIpc) is 2.83. The van der Waals surface area contributed by atoms with Gasteiger partial charge >= 0.3 is 0 Å². The number of H-pyrrole nitrogens is 1. The van der Waals surface area contributed by atoms with Crippen LogP contribution in [-0.4, -0.2) is 10.9 Å². The first-order chi connectivity index (χ1) is 8.69. The van der Waals surface area contributed by atoms with Gasteiger partial charge in [-0.25, -0.2) is 0 Å². The molecule has 0 saturated carbocycles. The van der Waals surface area contributed by atoms with Crippen molar-refractivity contribution in [3.8, 4) is 0 Å². The fourth-order valence-electron chi connectivity index (χ4n) is 1.57. The molecule has 2 rings (SSSR count). The molecule has 0 atom stereocenters. The first kappa shape index (κ1) is 12.9. The van der Waals surface area contributed by atoms with Crippen LogP contribution in [0.3, 0.4) is 0 Å². The molecule has 0 spiro atoms. The number of nitrogens with two attached hydrogens (primary N) is 1. The molecule has 0 aliphatic rings. The highest BCUT2D eigenvalue weighted by molar-refractivity contribution is 9.10. The van der Waals surface area contributed by atoms with Gasteiger partial charge in [-0.2, -0.15) is 0 Å². The summed E-state index contributed by atoms with van der Waals surface area (Å²) < 4.78 is 0.861. The Morgan fingerprint density at radius 3 is 2.50 bits per heavy atom. The van der Waals surface area contributed by atoms with Crippen LogP contribution in [0.15, 0.2) is 41.0 Å². The van der Waals surface area contributed by atoms with E-state index in [2.05, 4.69) is 26.2 Å².